The lowest BCUT2D eigenvalue weighted by molar-refractivity contribution is 0.475. The minimum atomic E-state index is 0.259. The molecule has 34 heavy (non-hydrogen) atoms. The van der Waals surface area contributed by atoms with Gasteiger partial charge in [-0.3, -0.25) is 0 Å². The number of rotatable bonds is 10. The Kier molecular flexibility index (Phi) is 7.98. The molecule has 3 heteroatoms. The summed E-state index contributed by atoms with van der Waals surface area (Å²) < 4.78 is 0. The molecule has 0 fully saturated rings. The van der Waals surface area contributed by atoms with Crippen LogP contribution >= 0.6 is 0 Å². The molecule has 1 heterocycles. The number of phenols is 1. The van der Waals surface area contributed by atoms with Crippen LogP contribution in [0, 0.1) is 0 Å². The van der Waals surface area contributed by atoms with Crippen molar-refractivity contribution in [2.75, 3.05) is 18.0 Å². The Labute approximate surface area is 203 Å². The summed E-state index contributed by atoms with van der Waals surface area (Å²) in [5.41, 5.74) is 7.52. The first kappa shape index (κ1) is 23.6. The second-order valence-electron chi connectivity index (χ2n) is 8.78. The standard InChI is InChI=1S/C31H34N2O/c1-3-5-20-33(21-6-4-2)28-16-12-24(13-17-28)27-22-30(25-10-8-7-9-11-25)32-31(23-27)26-14-18-29(34)19-15-26/h7-19,22-23,34H,3-6,20-21H2,1-2H3. The van der Waals surface area contributed by atoms with E-state index in [0.717, 1.165) is 41.2 Å². The highest BCUT2D eigenvalue weighted by Gasteiger charge is 2.11. The quantitative estimate of drug-likeness (QED) is 0.264. The van der Waals surface area contributed by atoms with Crippen molar-refractivity contribution in [3.8, 4) is 39.4 Å². The van der Waals surface area contributed by atoms with Crippen LogP contribution in [0.5, 0.6) is 5.75 Å². The topological polar surface area (TPSA) is 36.4 Å². The van der Waals surface area contributed by atoms with Gasteiger partial charge in [-0.25, -0.2) is 4.98 Å². The number of aromatic hydroxyl groups is 1. The fraction of sp³-hybridized carbons (Fsp3) is 0.258. The summed E-state index contributed by atoms with van der Waals surface area (Å²) in [5, 5.41) is 9.72. The fourth-order valence-electron chi connectivity index (χ4n) is 4.17. The summed E-state index contributed by atoms with van der Waals surface area (Å²) in [6, 6.07) is 30.8. The zero-order valence-corrected chi connectivity index (χ0v) is 20.2. The molecule has 0 saturated carbocycles. The number of hydrogen-bond acceptors (Lipinski definition) is 3. The SMILES string of the molecule is CCCCN(CCCC)c1ccc(-c2cc(-c3ccccc3)nc(-c3ccc(O)cc3)c2)cc1. The van der Waals surface area contributed by atoms with Crippen molar-refractivity contribution in [2.45, 2.75) is 39.5 Å². The molecule has 174 valence electrons. The first-order valence-electron chi connectivity index (χ1n) is 12.4. The van der Waals surface area contributed by atoms with Gasteiger partial charge < -0.3 is 10.0 Å². The van der Waals surface area contributed by atoms with Crippen molar-refractivity contribution >= 4 is 5.69 Å². The zero-order valence-electron chi connectivity index (χ0n) is 20.2. The number of nitrogens with zero attached hydrogens (tertiary/aromatic N) is 2. The number of pyridine rings is 1. The van der Waals surface area contributed by atoms with E-state index in [1.807, 2.05) is 30.3 Å². The minimum Gasteiger partial charge on any atom is -0.508 e. The monoisotopic (exact) mass is 450 g/mol. The van der Waals surface area contributed by atoms with Crippen LogP contribution in [0.25, 0.3) is 33.6 Å². The van der Waals surface area contributed by atoms with Crippen LogP contribution in [-0.4, -0.2) is 23.2 Å². The van der Waals surface area contributed by atoms with Gasteiger partial charge in [0.1, 0.15) is 5.75 Å². The van der Waals surface area contributed by atoms with E-state index < -0.39 is 0 Å². The maximum absolute atomic E-state index is 9.72. The van der Waals surface area contributed by atoms with Gasteiger partial charge in [0.2, 0.25) is 0 Å². The number of phenolic OH excluding ortho intramolecular Hbond substituents is 1. The summed E-state index contributed by atoms with van der Waals surface area (Å²) in [5.74, 6) is 0.259. The predicted octanol–water partition coefficient (Wildman–Crippen LogP) is 8.19. The van der Waals surface area contributed by atoms with Crippen LogP contribution in [0.15, 0.2) is 91.0 Å². The van der Waals surface area contributed by atoms with E-state index in [2.05, 4.69) is 67.3 Å². The van der Waals surface area contributed by atoms with Crippen molar-refractivity contribution in [1.29, 1.82) is 0 Å². The number of unbranched alkanes of at least 4 members (excludes halogenated alkanes) is 2. The van der Waals surface area contributed by atoms with E-state index >= 15 is 0 Å². The highest BCUT2D eigenvalue weighted by molar-refractivity contribution is 5.77. The Balaban J connectivity index is 1.71. The molecule has 0 aliphatic carbocycles. The lowest BCUT2D eigenvalue weighted by Crippen LogP contribution is -2.25. The molecular formula is C31H34N2O. The molecule has 1 N–H and O–H groups in total. The Hall–Kier alpha value is -3.59. The largest absolute Gasteiger partial charge is 0.508 e. The second kappa shape index (κ2) is 11.5. The Morgan fingerprint density at radius 2 is 1.15 bits per heavy atom. The number of hydrogen-bond donors (Lipinski definition) is 1. The van der Waals surface area contributed by atoms with Gasteiger partial charge in [0, 0.05) is 29.9 Å². The molecule has 4 aromatic rings. The van der Waals surface area contributed by atoms with Crippen LogP contribution in [-0.2, 0) is 0 Å². The summed E-state index contributed by atoms with van der Waals surface area (Å²) in [6.45, 7) is 6.71. The van der Waals surface area contributed by atoms with Crippen molar-refractivity contribution in [3.05, 3.63) is 91.0 Å². The van der Waals surface area contributed by atoms with Crippen molar-refractivity contribution in [2.24, 2.45) is 0 Å². The van der Waals surface area contributed by atoms with E-state index in [4.69, 9.17) is 4.98 Å². The lowest BCUT2D eigenvalue weighted by atomic mass is 9.99. The van der Waals surface area contributed by atoms with E-state index in [0.29, 0.717) is 0 Å². The van der Waals surface area contributed by atoms with E-state index in [1.54, 1.807) is 12.1 Å². The third-order valence-electron chi connectivity index (χ3n) is 6.19. The first-order chi connectivity index (χ1) is 16.7. The van der Waals surface area contributed by atoms with Crippen molar-refractivity contribution in [3.63, 3.8) is 0 Å². The third kappa shape index (κ3) is 5.85. The summed E-state index contributed by atoms with van der Waals surface area (Å²) in [7, 11) is 0. The highest BCUT2D eigenvalue weighted by Crippen LogP contribution is 2.32. The fourth-order valence-corrected chi connectivity index (χ4v) is 4.17. The second-order valence-corrected chi connectivity index (χ2v) is 8.78. The maximum atomic E-state index is 9.72. The molecule has 0 unspecified atom stereocenters. The molecule has 1 aromatic heterocycles. The summed E-state index contributed by atoms with van der Waals surface area (Å²) in [6.07, 6.45) is 4.85. The number of aromatic nitrogens is 1. The van der Waals surface area contributed by atoms with Gasteiger partial charge in [-0.15, -0.1) is 0 Å². The van der Waals surface area contributed by atoms with Crippen LogP contribution in [0.3, 0.4) is 0 Å². The average molecular weight is 451 g/mol. The molecule has 0 spiro atoms. The lowest BCUT2D eigenvalue weighted by Gasteiger charge is -2.25. The molecule has 0 aliphatic heterocycles. The van der Waals surface area contributed by atoms with Crippen LogP contribution < -0.4 is 4.90 Å². The molecule has 0 saturated heterocycles. The van der Waals surface area contributed by atoms with Crippen LogP contribution in [0.4, 0.5) is 5.69 Å². The Morgan fingerprint density at radius 1 is 0.618 bits per heavy atom. The van der Waals surface area contributed by atoms with Gasteiger partial charge in [0.15, 0.2) is 0 Å². The van der Waals surface area contributed by atoms with E-state index in [-0.39, 0.29) is 5.75 Å². The van der Waals surface area contributed by atoms with Gasteiger partial charge in [0.25, 0.3) is 0 Å². The molecule has 4 rings (SSSR count). The smallest absolute Gasteiger partial charge is 0.115 e. The summed E-state index contributed by atoms with van der Waals surface area (Å²) >= 11 is 0. The van der Waals surface area contributed by atoms with Gasteiger partial charge in [-0.2, -0.15) is 0 Å². The molecule has 3 nitrogen and oxygen atoms in total. The van der Waals surface area contributed by atoms with Gasteiger partial charge in [-0.1, -0.05) is 69.2 Å². The molecule has 3 aromatic carbocycles. The van der Waals surface area contributed by atoms with Crippen LogP contribution in [0.2, 0.25) is 0 Å². The third-order valence-corrected chi connectivity index (χ3v) is 6.19. The van der Waals surface area contributed by atoms with E-state index in [1.165, 1.54) is 36.9 Å². The molecular weight excluding hydrogens is 416 g/mol. The number of anilines is 1. The van der Waals surface area contributed by atoms with Crippen LogP contribution in [0.1, 0.15) is 39.5 Å². The van der Waals surface area contributed by atoms with Gasteiger partial charge in [0.05, 0.1) is 11.4 Å². The predicted molar refractivity (Wildman–Crippen MR) is 144 cm³/mol. The normalized spacial score (nSPS) is 10.9. The molecule has 0 amide bonds. The zero-order chi connectivity index (χ0) is 23.8. The number of benzene rings is 3. The molecule has 0 aliphatic rings. The summed E-state index contributed by atoms with van der Waals surface area (Å²) in [4.78, 5) is 7.47. The maximum Gasteiger partial charge on any atom is 0.115 e. The average Bonchev–Trinajstić information content (AvgIpc) is 2.89. The van der Waals surface area contributed by atoms with Crippen molar-refractivity contribution < 1.29 is 5.11 Å². The van der Waals surface area contributed by atoms with Gasteiger partial charge >= 0.3 is 0 Å². The Bertz CT molecular complexity index is 1160. The van der Waals surface area contributed by atoms with E-state index in [9.17, 15) is 5.11 Å². The highest BCUT2D eigenvalue weighted by atomic mass is 16.3. The van der Waals surface area contributed by atoms with Crippen molar-refractivity contribution in [1.82, 2.24) is 4.98 Å². The molecule has 0 bridgehead atoms. The molecule has 0 atom stereocenters. The first-order valence-corrected chi connectivity index (χ1v) is 12.4. The molecule has 0 radical (unpaired) electrons. The Morgan fingerprint density at radius 3 is 1.71 bits per heavy atom. The van der Waals surface area contributed by atoms with Gasteiger partial charge in [-0.05, 0) is 72.5 Å². The minimum absolute atomic E-state index is 0.259.